The first-order chi connectivity index (χ1) is 18.4. The molecule has 39 heavy (non-hydrogen) atoms. The van der Waals surface area contributed by atoms with E-state index in [9.17, 15) is 23.2 Å². The Hall–Kier alpha value is -3.84. The van der Waals surface area contributed by atoms with E-state index in [0.29, 0.717) is 42.3 Å². The number of nitrogens with one attached hydrogen (secondary N) is 1. The molecule has 3 heterocycles. The number of nitriles is 1. The Balaban J connectivity index is 0.00000353. The van der Waals surface area contributed by atoms with Gasteiger partial charge in [0.15, 0.2) is 17.5 Å². The molecule has 2 aromatic heterocycles. The van der Waals surface area contributed by atoms with Gasteiger partial charge in [-0.25, -0.2) is 22.9 Å². The molecule has 0 spiro atoms. The molecule has 0 unspecified atom stereocenters. The van der Waals surface area contributed by atoms with Gasteiger partial charge in [-0.15, -0.1) is 12.4 Å². The molecule has 11 heteroatoms. The van der Waals surface area contributed by atoms with E-state index in [1.807, 2.05) is 0 Å². The van der Waals surface area contributed by atoms with Gasteiger partial charge in [0.2, 0.25) is 0 Å². The third-order valence-corrected chi connectivity index (χ3v) is 6.73. The lowest BCUT2D eigenvalue weighted by Gasteiger charge is -2.27. The van der Waals surface area contributed by atoms with Gasteiger partial charge in [0, 0.05) is 55.4 Å². The molecule has 0 radical (unpaired) electrons. The number of fused-ring (bicyclic) bond motifs is 3. The number of aromatic nitrogens is 2. The van der Waals surface area contributed by atoms with Crippen LogP contribution in [0.2, 0.25) is 5.15 Å². The SMILES string of the molecule is Cl.N#Cc1ccc2c(c1)c1c(n2C(=O)NCc2ccnc(Cl)c2)CCN(C/C=C/c2ccc(F)c(F)c2F)C1. The first kappa shape index (κ1) is 28.2. The molecule has 200 valence electrons. The Bertz CT molecular complexity index is 1630. The third-order valence-electron chi connectivity index (χ3n) is 6.52. The quantitative estimate of drug-likeness (QED) is 0.227. The Morgan fingerprint density at radius 1 is 1.15 bits per heavy atom. The van der Waals surface area contributed by atoms with Crippen molar-refractivity contribution in [3.8, 4) is 6.07 Å². The van der Waals surface area contributed by atoms with Gasteiger partial charge in [0.1, 0.15) is 5.15 Å². The first-order valence-corrected chi connectivity index (χ1v) is 12.2. The summed E-state index contributed by atoms with van der Waals surface area (Å²) in [5.41, 5.74) is 3.73. The van der Waals surface area contributed by atoms with Gasteiger partial charge in [0.05, 0.1) is 17.1 Å². The molecule has 1 aliphatic heterocycles. The van der Waals surface area contributed by atoms with E-state index in [1.165, 1.54) is 12.1 Å². The van der Waals surface area contributed by atoms with Crippen LogP contribution in [0.4, 0.5) is 18.0 Å². The van der Waals surface area contributed by atoms with Gasteiger partial charge in [-0.05, 0) is 53.6 Å². The fourth-order valence-electron chi connectivity index (χ4n) is 4.68. The number of carbonyl (C=O) groups excluding carboxylic acids is 1. The zero-order valence-electron chi connectivity index (χ0n) is 20.4. The minimum Gasteiger partial charge on any atom is -0.333 e. The highest BCUT2D eigenvalue weighted by Gasteiger charge is 2.26. The molecule has 2 aromatic carbocycles. The number of nitrogens with zero attached hydrogens (tertiary/aromatic N) is 4. The Morgan fingerprint density at radius 2 is 1.97 bits per heavy atom. The van der Waals surface area contributed by atoms with Crippen LogP contribution >= 0.6 is 24.0 Å². The Morgan fingerprint density at radius 3 is 2.74 bits per heavy atom. The Kier molecular flexibility index (Phi) is 8.60. The highest BCUT2D eigenvalue weighted by molar-refractivity contribution is 6.29. The average molecular weight is 572 g/mol. The van der Waals surface area contributed by atoms with Crippen molar-refractivity contribution in [3.05, 3.63) is 105 Å². The number of pyridine rings is 1. The molecule has 0 saturated heterocycles. The van der Waals surface area contributed by atoms with Crippen LogP contribution in [0.25, 0.3) is 17.0 Å². The van der Waals surface area contributed by atoms with Crippen LogP contribution in [-0.4, -0.2) is 33.6 Å². The molecule has 5 rings (SSSR count). The van der Waals surface area contributed by atoms with E-state index in [2.05, 4.69) is 21.3 Å². The van der Waals surface area contributed by atoms with Crippen LogP contribution in [0.5, 0.6) is 0 Å². The van der Waals surface area contributed by atoms with Crippen molar-refractivity contribution in [2.24, 2.45) is 0 Å². The number of hydrogen-bond acceptors (Lipinski definition) is 4. The number of carbonyl (C=O) groups is 1. The van der Waals surface area contributed by atoms with Crippen LogP contribution in [0.3, 0.4) is 0 Å². The topological polar surface area (TPSA) is 74.0 Å². The standard InChI is InChI=1S/C28H21ClF3N5O.ClH/c29-25-13-18(7-9-34-25)15-35-28(38)37-23-6-3-17(14-33)12-20(23)21-16-36(11-8-24(21)37)10-1-2-19-4-5-22(30)27(32)26(19)31;/h1-7,9,12-13H,8,10-11,15-16H2,(H,35,38);1H/b2-1+;. The van der Waals surface area contributed by atoms with Gasteiger partial charge in [-0.1, -0.05) is 23.8 Å². The normalized spacial score (nSPS) is 13.2. The molecule has 0 saturated carbocycles. The van der Waals surface area contributed by atoms with Gasteiger partial charge < -0.3 is 5.32 Å². The number of hydrogen-bond donors (Lipinski definition) is 1. The first-order valence-electron chi connectivity index (χ1n) is 11.8. The minimum absolute atomic E-state index is 0. The second kappa shape index (κ2) is 11.9. The molecule has 1 aliphatic rings. The maximum Gasteiger partial charge on any atom is 0.326 e. The van der Waals surface area contributed by atoms with Crippen molar-refractivity contribution in [1.82, 2.24) is 19.8 Å². The summed E-state index contributed by atoms with van der Waals surface area (Å²) in [6.07, 6.45) is 5.24. The van der Waals surface area contributed by atoms with Crippen molar-refractivity contribution in [2.75, 3.05) is 13.1 Å². The summed E-state index contributed by atoms with van der Waals surface area (Å²) in [6.45, 7) is 1.80. The summed E-state index contributed by atoms with van der Waals surface area (Å²) in [5.74, 6) is -3.96. The summed E-state index contributed by atoms with van der Waals surface area (Å²) in [4.78, 5) is 19.4. The highest BCUT2D eigenvalue weighted by atomic mass is 35.5. The molecule has 0 fully saturated rings. The number of rotatable bonds is 5. The number of halogens is 5. The van der Waals surface area contributed by atoms with Crippen molar-refractivity contribution >= 4 is 47.0 Å². The predicted octanol–water partition coefficient (Wildman–Crippen LogP) is 6.23. The zero-order chi connectivity index (χ0) is 26.8. The average Bonchev–Trinajstić information content (AvgIpc) is 3.24. The van der Waals surface area contributed by atoms with Gasteiger partial charge in [-0.3, -0.25) is 9.47 Å². The summed E-state index contributed by atoms with van der Waals surface area (Å²) in [7, 11) is 0. The molecule has 6 nitrogen and oxygen atoms in total. The van der Waals surface area contributed by atoms with Crippen LogP contribution < -0.4 is 5.32 Å². The van der Waals surface area contributed by atoms with Gasteiger partial charge >= 0.3 is 6.03 Å². The summed E-state index contributed by atoms with van der Waals surface area (Å²) < 4.78 is 42.4. The fourth-order valence-corrected chi connectivity index (χ4v) is 4.88. The maximum atomic E-state index is 14.0. The lowest BCUT2D eigenvalue weighted by molar-refractivity contribution is 0.240. The van der Waals surface area contributed by atoms with Gasteiger partial charge in [-0.2, -0.15) is 5.26 Å². The van der Waals surface area contributed by atoms with E-state index in [0.717, 1.165) is 28.3 Å². The second-order valence-corrected chi connectivity index (χ2v) is 9.29. The smallest absolute Gasteiger partial charge is 0.326 e. The van der Waals surface area contributed by atoms with Crippen molar-refractivity contribution < 1.29 is 18.0 Å². The van der Waals surface area contributed by atoms with E-state index in [4.69, 9.17) is 11.6 Å². The highest BCUT2D eigenvalue weighted by Crippen LogP contribution is 2.32. The molecular formula is C28H22Cl2F3N5O. The molecule has 0 bridgehead atoms. The fraction of sp³-hybridized carbons (Fsp3) is 0.179. The molecule has 0 atom stereocenters. The Labute approximate surface area is 233 Å². The van der Waals surface area contributed by atoms with Crippen molar-refractivity contribution in [3.63, 3.8) is 0 Å². The molecular weight excluding hydrogens is 550 g/mol. The van der Waals surface area contributed by atoms with Crippen molar-refractivity contribution in [2.45, 2.75) is 19.5 Å². The summed E-state index contributed by atoms with van der Waals surface area (Å²) >= 11 is 5.95. The molecule has 1 N–H and O–H groups in total. The summed E-state index contributed by atoms with van der Waals surface area (Å²) in [5, 5.41) is 13.5. The van der Waals surface area contributed by atoms with Crippen LogP contribution in [0.1, 0.15) is 27.9 Å². The monoisotopic (exact) mass is 571 g/mol. The van der Waals surface area contributed by atoms with Gasteiger partial charge in [0.25, 0.3) is 0 Å². The second-order valence-electron chi connectivity index (χ2n) is 8.90. The predicted molar refractivity (Wildman–Crippen MR) is 145 cm³/mol. The zero-order valence-corrected chi connectivity index (χ0v) is 22.0. The van der Waals surface area contributed by atoms with Crippen LogP contribution in [0.15, 0.2) is 54.7 Å². The lowest BCUT2D eigenvalue weighted by atomic mass is 10.0. The molecule has 4 aromatic rings. The van der Waals surface area contributed by atoms with Crippen molar-refractivity contribution in [1.29, 1.82) is 5.26 Å². The summed E-state index contributed by atoms with van der Waals surface area (Å²) in [6, 6.07) is 12.6. The number of benzene rings is 2. The minimum atomic E-state index is -1.50. The van der Waals surface area contributed by atoms with E-state index in [-0.39, 0.29) is 30.5 Å². The van der Waals surface area contributed by atoms with E-state index in [1.54, 1.807) is 47.2 Å². The molecule has 0 aliphatic carbocycles. The van der Waals surface area contributed by atoms with Crippen LogP contribution in [-0.2, 0) is 19.5 Å². The third kappa shape index (κ3) is 5.78. The van der Waals surface area contributed by atoms with E-state index >= 15 is 0 Å². The maximum absolute atomic E-state index is 14.0. The molecule has 1 amide bonds. The van der Waals surface area contributed by atoms with Crippen LogP contribution in [0, 0.1) is 28.8 Å². The lowest BCUT2D eigenvalue weighted by Crippen LogP contribution is -2.34. The largest absolute Gasteiger partial charge is 0.333 e. The van der Waals surface area contributed by atoms with E-state index < -0.39 is 17.5 Å². The number of amides is 1.